The molecule has 0 fully saturated rings. The van der Waals surface area contributed by atoms with Gasteiger partial charge >= 0.3 is 0 Å². The van der Waals surface area contributed by atoms with E-state index < -0.39 is 0 Å². The van der Waals surface area contributed by atoms with E-state index in [0.717, 1.165) is 0 Å². The molecule has 0 aromatic rings. The van der Waals surface area contributed by atoms with Crippen LogP contribution < -0.4 is 0 Å². The molecule has 0 amide bonds. The second kappa shape index (κ2) is 3.60. The Hall–Kier alpha value is -0.580. The fourth-order valence-electron chi connectivity index (χ4n) is 0.228. The molecule has 0 N–H and O–H groups in total. The van der Waals surface area contributed by atoms with E-state index in [4.69, 9.17) is 5.26 Å². The number of halogens is 1. The molecule has 0 bridgehead atoms. The van der Waals surface area contributed by atoms with Crippen LogP contribution in [0.2, 0.25) is 0 Å². The Kier molecular flexibility index (Phi) is 3.31. The zero-order chi connectivity index (χ0) is 5.70. The van der Waals surface area contributed by atoms with E-state index in [2.05, 4.69) is 0 Å². The van der Waals surface area contributed by atoms with Crippen LogP contribution in [0.3, 0.4) is 0 Å². The molecule has 0 saturated heterocycles. The molecule has 1 unspecified atom stereocenters. The highest BCUT2D eigenvalue weighted by Crippen LogP contribution is 1.97. The second-order valence-electron chi connectivity index (χ2n) is 1.51. The van der Waals surface area contributed by atoms with Gasteiger partial charge < -0.3 is 0 Å². The summed E-state index contributed by atoms with van der Waals surface area (Å²) in [6.45, 7) is 1.33. The Morgan fingerprint density at radius 2 is 2.43 bits per heavy atom. The normalized spacial score (nSPS) is 12.7. The summed E-state index contributed by atoms with van der Waals surface area (Å²) >= 11 is 0. The maximum Gasteiger partial charge on any atom is 0.0906 e. The van der Waals surface area contributed by atoms with Crippen LogP contribution in [0.15, 0.2) is 0 Å². The molecule has 0 aromatic heterocycles. The molecule has 1 nitrogen and oxygen atoms in total. The minimum atomic E-state index is -0.380. The van der Waals surface area contributed by atoms with Crippen LogP contribution >= 0.6 is 0 Å². The van der Waals surface area contributed by atoms with Gasteiger partial charge in [-0.15, -0.1) is 0 Å². The van der Waals surface area contributed by atoms with Crippen molar-refractivity contribution in [1.29, 1.82) is 5.26 Å². The van der Waals surface area contributed by atoms with E-state index in [9.17, 15) is 4.39 Å². The maximum atomic E-state index is 11.3. The molecule has 0 aromatic carbocycles. The van der Waals surface area contributed by atoms with E-state index in [1.54, 1.807) is 6.92 Å². The summed E-state index contributed by atoms with van der Waals surface area (Å²) in [5, 5.41) is 8.05. The Morgan fingerprint density at radius 1 is 1.86 bits per heavy atom. The van der Waals surface area contributed by atoms with Crippen molar-refractivity contribution in [2.45, 2.75) is 13.3 Å². The highest BCUT2D eigenvalue weighted by atomic mass is 19.1. The zero-order valence-electron chi connectivity index (χ0n) is 4.32. The summed E-state index contributed by atoms with van der Waals surface area (Å²) in [5.74, 6) is -0.120. The maximum absolute atomic E-state index is 11.3. The number of hydrogen-bond acceptors (Lipinski definition) is 1. The van der Waals surface area contributed by atoms with E-state index >= 15 is 0 Å². The van der Waals surface area contributed by atoms with E-state index in [1.807, 2.05) is 6.07 Å². The Bertz CT molecular complexity index is 74.6. The van der Waals surface area contributed by atoms with Crippen molar-refractivity contribution in [3.8, 4) is 6.07 Å². The summed E-state index contributed by atoms with van der Waals surface area (Å²) in [6, 6.07) is 1.93. The molecule has 0 aliphatic carbocycles. The molecule has 0 aliphatic rings. The first-order valence-corrected chi connectivity index (χ1v) is 2.27. The quantitative estimate of drug-likeness (QED) is 0.517. The minimum Gasteiger partial charge on any atom is -0.251 e. The molecule has 0 saturated carbocycles. The number of alkyl halides is 1. The van der Waals surface area contributed by atoms with Gasteiger partial charge in [0.15, 0.2) is 0 Å². The standard InChI is InChI=1S/C5H8FN/c1-5(4-7)2-3-6/h5H,2-3H2,1H3. The lowest BCUT2D eigenvalue weighted by atomic mass is 10.1. The summed E-state index contributed by atoms with van der Waals surface area (Å²) in [7, 11) is 0. The average molecular weight is 101 g/mol. The first-order chi connectivity index (χ1) is 3.31. The molecule has 2 heteroatoms. The number of hydrogen-bond donors (Lipinski definition) is 0. The summed E-state index contributed by atoms with van der Waals surface area (Å²) in [6.07, 6.45) is 0.372. The molecule has 40 valence electrons. The van der Waals surface area contributed by atoms with Gasteiger partial charge in [-0.25, -0.2) is 0 Å². The van der Waals surface area contributed by atoms with Crippen LogP contribution in [0, 0.1) is 17.2 Å². The van der Waals surface area contributed by atoms with Gasteiger partial charge in [-0.3, -0.25) is 4.39 Å². The van der Waals surface area contributed by atoms with Crippen LogP contribution in [-0.4, -0.2) is 6.67 Å². The Morgan fingerprint density at radius 3 is 2.57 bits per heavy atom. The lowest BCUT2D eigenvalue weighted by molar-refractivity contribution is 0.441. The van der Waals surface area contributed by atoms with Crippen molar-refractivity contribution in [3.05, 3.63) is 0 Å². The summed E-state index contributed by atoms with van der Waals surface area (Å²) in [5.41, 5.74) is 0. The molecular weight excluding hydrogens is 93.1 g/mol. The molecule has 0 radical (unpaired) electrons. The first-order valence-electron chi connectivity index (χ1n) is 2.27. The highest BCUT2D eigenvalue weighted by Gasteiger charge is 1.94. The molecule has 0 heterocycles. The van der Waals surface area contributed by atoms with E-state index in [1.165, 1.54) is 0 Å². The van der Waals surface area contributed by atoms with Gasteiger partial charge in [-0.1, -0.05) is 0 Å². The molecule has 7 heavy (non-hydrogen) atoms. The van der Waals surface area contributed by atoms with Crippen LogP contribution in [0.4, 0.5) is 4.39 Å². The van der Waals surface area contributed by atoms with Crippen molar-refractivity contribution in [3.63, 3.8) is 0 Å². The van der Waals surface area contributed by atoms with Crippen molar-refractivity contribution in [2.24, 2.45) is 5.92 Å². The molecule has 0 spiro atoms. The fraction of sp³-hybridized carbons (Fsp3) is 0.800. The second-order valence-corrected chi connectivity index (χ2v) is 1.51. The zero-order valence-corrected chi connectivity index (χ0v) is 4.32. The van der Waals surface area contributed by atoms with Gasteiger partial charge in [0.25, 0.3) is 0 Å². The highest BCUT2D eigenvalue weighted by molar-refractivity contribution is 4.77. The third-order valence-electron chi connectivity index (χ3n) is 0.763. The van der Waals surface area contributed by atoms with E-state index in [-0.39, 0.29) is 12.6 Å². The third kappa shape index (κ3) is 3.24. The summed E-state index contributed by atoms with van der Waals surface area (Å²) < 4.78 is 11.3. The lowest BCUT2D eigenvalue weighted by Crippen LogP contribution is -1.89. The fourth-order valence-corrected chi connectivity index (χ4v) is 0.228. The van der Waals surface area contributed by atoms with Crippen LogP contribution in [0.25, 0.3) is 0 Å². The van der Waals surface area contributed by atoms with Crippen molar-refractivity contribution in [2.75, 3.05) is 6.67 Å². The topological polar surface area (TPSA) is 23.8 Å². The number of nitrogens with zero attached hydrogens (tertiary/aromatic N) is 1. The average Bonchev–Trinajstić information content (AvgIpc) is 1.68. The number of nitriles is 1. The molecule has 0 aliphatic heterocycles. The van der Waals surface area contributed by atoms with Crippen molar-refractivity contribution < 1.29 is 4.39 Å². The Balaban J connectivity index is 3.04. The predicted octanol–water partition coefficient (Wildman–Crippen LogP) is 1.51. The molecular formula is C5H8FN. The minimum absolute atomic E-state index is 0.120. The largest absolute Gasteiger partial charge is 0.251 e. The van der Waals surface area contributed by atoms with Gasteiger partial charge in [0.2, 0.25) is 0 Å². The van der Waals surface area contributed by atoms with Gasteiger partial charge in [0, 0.05) is 5.92 Å². The van der Waals surface area contributed by atoms with Crippen molar-refractivity contribution in [1.82, 2.24) is 0 Å². The SMILES string of the molecule is CC(C#N)CCF. The molecule has 0 rings (SSSR count). The van der Waals surface area contributed by atoms with Crippen LogP contribution in [-0.2, 0) is 0 Å². The van der Waals surface area contributed by atoms with Gasteiger partial charge in [0.1, 0.15) is 0 Å². The monoisotopic (exact) mass is 101 g/mol. The molecule has 1 atom stereocenters. The lowest BCUT2D eigenvalue weighted by Gasteiger charge is -1.90. The van der Waals surface area contributed by atoms with Gasteiger partial charge in [-0.2, -0.15) is 5.26 Å². The van der Waals surface area contributed by atoms with E-state index in [0.29, 0.717) is 6.42 Å². The van der Waals surface area contributed by atoms with Gasteiger partial charge in [0.05, 0.1) is 12.7 Å². The third-order valence-corrected chi connectivity index (χ3v) is 0.763. The van der Waals surface area contributed by atoms with Gasteiger partial charge in [-0.05, 0) is 13.3 Å². The smallest absolute Gasteiger partial charge is 0.0906 e. The summed E-state index contributed by atoms with van der Waals surface area (Å²) in [4.78, 5) is 0. The van der Waals surface area contributed by atoms with Crippen molar-refractivity contribution >= 4 is 0 Å². The van der Waals surface area contributed by atoms with Crippen LogP contribution in [0.5, 0.6) is 0 Å². The first kappa shape index (κ1) is 6.42. The van der Waals surface area contributed by atoms with Crippen LogP contribution in [0.1, 0.15) is 13.3 Å². The predicted molar refractivity (Wildman–Crippen MR) is 25.4 cm³/mol. The Labute approximate surface area is 42.8 Å². The number of rotatable bonds is 2.